The number of carbonyl (C=O) groups excluding carboxylic acids is 1. The molecule has 0 radical (unpaired) electrons. The summed E-state index contributed by atoms with van der Waals surface area (Å²) in [7, 11) is 0. The van der Waals surface area contributed by atoms with E-state index in [0.717, 1.165) is 11.3 Å². The number of rotatable bonds is 4. The van der Waals surface area contributed by atoms with E-state index in [9.17, 15) is 4.79 Å². The summed E-state index contributed by atoms with van der Waals surface area (Å²) in [6, 6.07) is 14.1. The maximum absolute atomic E-state index is 12.6. The zero-order valence-corrected chi connectivity index (χ0v) is 15.7. The Morgan fingerprint density at radius 3 is 2.35 bits per heavy atom. The lowest BCUT2D eigenvalue weighted by Crippen LogP contribution is -2.16. The molecular weight excluding hydrogens is 371 g/mol. The molecule has 132 valence electrons. The molecule has 0 saturated heterocycles. The largest absolute Gasteiger partial charge is 0.324 e. The van der Waals surface area contributed by atoms with Crippen molar-refractivity contribution in [3.63, 3.8) is 0 Å². The molecule has 1 aromatic heterocycles. The Kier molecular flexibility index (Phi) is 5.40. The minimum Gasteiger partial charge on any atom is -0.324 e. The Morgan fingerprint density at radius 1 is 0.923 bits per heavy atom. The summed E-state index contributed by atoms with van der Waals surface area (Å²) < 4.78 is 0. The molecule has 1 heterocycles. The number of carbonyl (C=O) groups is 1. The summed E-state index contributed by atoms with van der Waals surface area (Å²) in [5.41, 5.74) is 3.26. The maximum atomic E-state index is 12.6. The van der Waals surface area contributed by atoms with Gasteiger partial charge in [0.05, 0.1) is 0 Å². The zero-order chi connectivity index (χ0) is 18.7. The second-order valence-electron chi connectivity index (χ2n) is 5.76. The molecule has 0 spiro atoms. The third-order valence-corrected chi connectivity index (χ3v) is 4.12. The lowest BCUT2D eigenvalue weighted by atomic mass is 10.2. The monoisotopic (exact) mass is 386 g/mol. The van der Waals surface area contributed by atoms with Gasteiger partial charge in [0.25, 0.3) is 5.91 Å². The Morgan fingerprint density at radius 2 is 1.62 bits per heavy atom. The number of hydrogen-bond acceptors (Lipinski definition) is 4. The van der Waals surface area contributed by atoms with Crippen LogP contribution in [0.3, 0.4) is 0 Å². The third-order valence-electron chi connectivity index (χ3n) is 3.64. The molecule has 26 heavy (non-hydrogen) atoms. The first-order valence-electron chi connectivity index (χ1n) is 7.86. The number of amides is 1. The Bertz CT molecular complexity index is 958. The fourth-order valence-corrected chi connectivity index (χ4v) is 2.62. The van der Waals surface area contributed by atoms with Gasteiger partial charge in [-0.3, -0.25) is 4.79 Å². The van der Waals surface area contributed by atoms with Gasteiger partial charge in [-0.15, -0.1) is 0 Å². The van der Waals surface area contributed by atoms with Gasteiger partial charge in [0.1, 0.15) is 5.69 Å². The average molecular weight is 387 g/mol. The number of nitrogens with one attached hydrogen (secondary N) is 2. The van der Waals surface area contributed by atoms with Crippen molar-refractivity contribution in [1.29, 1.82) is 0 Å². The van der Waals surface area contributed by atoms with Crippen molar-refractivity contribution in [3.8, 4) is 0 Å². The zero-order valence-electron chi connectivity index (χ0n) is 14.2. The van der Waals surface area contributed by atoms with Crippen LogP contribution in [-0.2, 0) is 0 Å². The second kappa shape index (κ2) is 7.72. The van der Waals surface area contributed by atoms with Crippen LogP contribution in [0.25, 0.3) is 0 Å². The van der Waals surface area contributed by atoms with Crippen LogP contribution in [0.2, 0.25) is 10.0 Å². The van der Waals surface area contributed by atoms with E-state index in [1.54, 1.807) is 37.3 Å². The lowest BCUT2D eigenvalue weighted by Gasteiger charge is -2.10. The molecule has 0 aliphatic heterocycles. The van der Waals surface area contributed by atoms with Crippen molar-refractivity contribution in [2.75, 3.05) is 10.6 Å². The van der Waals surface area contributed by atoms with Gasteiger partial charge >= 0.3 is 0 Å². The van der Waals surface area contributed by atoms with Gasteiger partial charge in [-0.2, -0.15) is 0 Å². The van der Waals surface area contributed by atoms with Crippen LogP contribution in [0.15, 0.2) is 48.5 Å². The molecular formula is C19H16Cl2N4O. The molecule has 2 N–H and O–H groups in total. The van der Waals surface area contributed by atoms with Crippen molar-refractivity contribution >= 4 is 46.4 Å². The van der Waals surface area contributed by atoms with Gasteiger partial charge in [-0.05, 0) is 61.9 Å². The Balaban J connectivity index is 1.83. The Hall–Kier alpha value is -2.63. The van der Waals surface area contributed by atoms with Gasteiger partial charge in [-0.1, -0.05) is 29.3 Å². The molecule has 0 aliphatic carbocycles. The van der Waals surface area contributed by atoms with Crippen molar-refractivity contribution in [2.24, 2.45) is 0 Å². The minimum absolute atomic E-state index is 0.258. The van der Waals surface area contributed by atoms with Crippen LogP contribution in [-0.4, -0.2) is 15.9 Å². The van der Waals surface area contributed by atoms with Crippen LogP contribution in [0, 0.1) is 13.8 Å². The summed E-state index contributed by atoms with van der Waals surface area (Å²) in [4.78, 5) is 21.2. The summed E-state index contributed by atoms with van der Waals surface area (Å²) in [5, 5.41) is 7.09. The minimum atomic E-state index is -0.333. The summed E-state index contributed by atoms with van der Waals surface area (Å²) in [6.07, 6.45) is 0. The van der Waals surface area contributed by atoms with Crippen molar-refractivity contribution in [1.82, 2.24) is 9.97 Å². The molecule has 0 atom stereocenters. The first-order valence-corrected chi connectivity index (χ1v) is 8.62. The van der Waals surface area contributed by atoms with Crippen LogP contribution in [0.1, 0.15) is 21.7 Å². The van der Waals surface area contributed by atoms with Crippen LogP contribution in [0.5, 0.6) is 0 Å². The van der Waals surface area contributed by atoms with Gasteiger partial charge in [0.2, 0.25) is 5.95 Å². The molecule has 5 nitrogen and oxygen atoms in total. The molecule has 0 fully saturated rings. The molecule has 0 unspecified atom stereocenters. The van der Waals surface area contributed by atoms with E-state index in [1.807, 2.05) is 25.1 Å². The lowest BCUT2D eigenvalue weighted by molar-refractivity contribution is 0.102. The highest BCUT2D eigenvalue weighted by molar-refractivity contribution is 6.31. The van der Waals surface area contributed by atoms with Gasteiger partial charge < -0.3 is 10.6 Å². The van der Waals surface area contributed by atoms with E-state index in [2.05, 4.69) is 20.6 Å². The standard InChI is InChI=1S/C19H16Cl2N4O/c1-11-3-4-14(21)10-16(11)24-18(26)17-9-12(2)22-19(25-17)23-15-7-5-13(20)6-8-15/h3-10H,1-2H3,(H,24,26)(H,22,23,25). The number of halogens is 2. The highest BCUT2D eigenvalue weighted by Gasteiger charge is 2.12. The van der Waals surface area contributed by atoms with Crippen molar-refractivity contribution in [2.45, 2.75) is 13.8 Å². The summed E-state index contributed by atoms with van der Waals surface area (Å²) >= 11 is 11.9. The molecule has 7 heteroatoms. The van der Waals surface area contributed by atoms with Crippen molar-refractivity contribution < 1.29 is 4.79 Å². The number of benzene rings is 2. The second-order valence-corrected chi connectivity index (χ2v) is 6.64. The number of hydrogen-bond donors (Lipinski definition) is 2. The molecule has 0 bridgehead atoms. The third kappa shape index (κ3) is 4.50. The number of anilines is 3. The van der Waals surface area contributed by atoms with Gasteiger partial charge in [-0.25, -0.2) is 9.97 Å². The quantitative estimate of drug-likeness (QED) is 0.629. The van der Waals surface area contributed by atoms with E-state index >= 15 is 0 Å². The normalized spacial score (nSPS) is 10.5. The maximum Gasteiger partial charge on any atom is 0.274 e. The highest BCUT2D eigenvalue weighted by atomic mass is 35.5. The molecule has 2 aromatic carbocycles. The summed E-state index contributed by atoms with van der Waals surface area (Å²) in [5.74, 6) is 0.000288. The first kappa shape index (κ1) is 18.2. The Labute approximate surface area is 161 Å². The fourth-order valence-electron chi connectivity index (χ4n) is 2.32. The van der Waals surface area contributed by atoms with Crippen LogP contribution < -0.4 is 10.6 Å². The topological polar surface area (TPSA) is 66.9 Å². The molecule has 0 saturated carbocycles. The van der Waals surface area contributed by atoms with Gasteiger partial charge in [0, 0.05) is 27.1 Å². The first-order chi connectivity index (χ1) is 12.4. The molecule has 0 aliphatic rings. The SMILES string of the molecule is Cc1cc(C(=O)Nc2cc(Cl)ccc2C)nc(Nc2ccc(Cl)cc2)n1. The average Bonchev–Trinajstić information content (AvgIpc) is 2.59. The number of aryl methyl sites for hydroxylation is 2. The van der Waals surface area contributed by atoms with E-state index < -0.39 is 0 Å². The van der Waals surface area contributed by atoms with E-state index in [1.165, 1.54) is 0 Å². The smallest absolute Gasteiger partial charge is 0.274 e. The van der Waals surface area contributed by atoms with E-state index in [-0.39, 0.29) is 11.6 Å². The molecule has 3 aromatic rings. The molecule has 3 rings (SSSR count). The fraction of sp³-hybridized carbons (Fsp3) is 0.105. The number of aromatic nitrogens is 2. The van der Waals surface area contributed by atoms with E-state index in [4.69, 9.17) is 23.2 Å². The van der Waals surface area contributed by atoms with Gasteiger partial charge in [0.15, 0.2) is 0 Å². The summed E-state index contributed by atoms with van der Waals surface area (Å²) in [6.45, 7) is 3.70. The highest BCUT2D eigenvalue weighted by Crippen LogP contribution is 2.21. The van der Waals surface area contributed by atoms with Crippen LogP contribution in [0.4, 0.5) is 17.3 Å². The number of nitrogens with zero attached hydrogens (tertiary/aromatic N) is 2. The van der Waals surface area contributed by atoms with Crippen LogP contribution >= 0.6 is 23.2 Å². The van der Waals surface area contributed by atoms with E-state index in [0.29, 0.717) is 27.4 Å². The van der Waals surface area contributed by atoms with Crippen molar-refractivity contribution in [3.05, 3.63) is 75.5 Å². The predicted molar refractivity (Wildman–Crippen MR) is 106 cm³/mol. The molecule has 1 amide bonds. The predicted octanol–water partition coefficient (Wildman–Crippen LogP) is 5.40.